The molecule has 1 atom stereocenters. The van der Waals surface area contributed by atoms with Gasteiger partial charge in [0.15, 0.2) is 0 Å². The number of benzene rings is 2. The molecule has 2 aromatic rings. The first-order valence-electron chi connectivity index (χ1n) is 11.5. The minimum Gasteiger partial charge on any atom is -0.367 e. The highest BCUT2D eigenvalue weighted by atomic mass is 35.5. The number of piperidine rings is 1. The number of rotatable bonds is 4. The molecule has 5 rings (SSSR count). The van der Waals surface area contributed by atoms with E-state index >= 15 is 4.39 Å². The molecule has 9 nitrogen and oxygen atoms in total. The fourth-order valence-electron chi connectivity index (χ4n) is 4.87. The summed E-state index contributed by atoms with van der Waals surface area (Å²) in [5.41, 5.74) is 1.84. The van der Waals surface area contributed by atoms with Gasteiger partial charge in [0.05, 0.1) is 10.6 Å². The van der Waals surface area contributed by atoms with Crippen molar-refractivity contribution < 1.29 is 27.2 Å². The number of fused-ring (bicyclic) bond motifs is 1. The summed E-state index contributed by atoms with van der Waals surface area (Å²) in [6.07, 6.45) is 0.362. The maximum absolute atomic E-state index is 15.1. The number of halogens is 2. The highest BCUT2D eigenvalue weighted by Crippen LogP contribution is 2.33. The van der Waals surface area contributed by atoms with Gasteiger partial charge < -0.3 is 9.80 Å². The molecule has 2 aromatic carbocycles. The Morgan fingerprint density at radius 3 is 2.44 bits per heavy atom. The van der Waals surface area contributed by atoms with E-state index < -0.39 is 33.7 Å². The summed E-state index contributed by atoms with van der Waals surface area (Å²) in [6, 6.07) is 6.61. The molecule has 0 aromatic heterocycles. The summed E-state index contributed by atoms with van der Waals surface area (Å²) in [6.45, 7) is 2.77. The number of hydrogen-bond acceptors (Lipinski definition) is 6. The van der Waals surface area contributed by atoms with Crippen molar-refractivity contribution in [3.05, 3.63) is 57.9 Å². The second kappa shape index (κ2) is 9.13. The lowest BCUT2D eigenvalue weighted by atomic mass is 10.0. The van der Waals surface area contributed by atoms with Crippen LogP contribution in [0.25, 0.3) is 0 Å². The predicted octanol–water partition coefficient (Wildman–Crippen LogP) is 2.06. The number of aryl methyl sites for hydroxylation is 1. The fourth-order valence-corrected chi connectivity index (χ4v) is 6.57. The predicted molar refractivity (Wildman–Crippen MR) is 130 cm³/mol. The van der Waals surface area contributed by atoms with Gasteiger partial charge in [0.25, 0.3) is 5.91 Å². The largest absolute Gasteiger partial charge is 0.367 e. The second-order valence-corrected chi connectivity index (χ2v) is 11.5. The third kappa shape index (κ3) is 4.25. The highest BCUT2D eigenvalue weighted by Gasteiger charge is 2.40. The first kappa shape index (κ1) is 24.7. The van der Waals surface area contributed by atoms with Crippen molar-refractivity contribution in [2.45, 2.75) is 37.2 Å². The van der Waals surface area contributed by atoms with E-state index in [-0.39, 0.29) is 67.6 Å². The number of piperazine rings is 1. The van der Waals surface area contributed by atoms with Crippen LogP contribution in [0.15, 0.2) is 35.2 Å². The first-order chi connectivity index (χ1) is 17.1. The van der Waals surface area contributed by atoms with Crippen LogP contribution in [0.4, 0.5) is 10.1 Å². The van der Waals surface area contributed by atoms with Crippen LogP contribution in [0.1, 0.15) is 34.3 Å². The van der Waals surface area contributed by atoms with Crippen LogP contribution >= 0.6 is 11.6 Å². The number of imide groups is 1. The molecule has 36 heavy (non-hydrogen) atoms. The number of nitrogens with zero attached hydrogens (tertiary/aromatic N) is 3. The van der Waals surface area contributed by atoms with Crippen molar-refractivity contribution in [3.8, 4) is 0 Å². The maximum atomic E-state index is 15.1. The summed E-state index contributed by atoms with van der Waals surface area (Å²) < 4.78 is 42.6. The number of nitrogens with one attached hydrogen (secondary N) is 1. The SMILES string of the molecule is Cc1ccc(S(=O)(=O)N2CCN(c3cc4c(cc3F)C(=O)N(C3CCC(=O)NC3=O)C4)CC2)cc1Cl. The number of carbonyl (C=O) groups excluding carboxylic acids is 3. The van der Waals surface area contributed by atoms with Gasteiger partial charge in [-0.3, -0.25) is 19.7 Å². The van der Waals surface area contributed by atoms with Gasteiger partial charge in [-0.2, -0.15) is 4.31 Å². The van der Waals surface area contributed by atoms with Gasteiger partial charge in [0.1, 0.15) is 11.9 Å². The Morgan fingerprint density at radius 2 is 1.78 bits per heavy atom. The molecule has 0 bridgehead atoms. The van der Waals surface area contributed by atoms with Crippen molar-refractivity contribution in [1.82, 2.24) is 14.5 Å². The van der Waals surface area contributed by atoms with E-state index in [1.807, 2.05) is 0 Å². The van der Waals surface area contributed by atoms with Crippen LogP contribution in [0.3, 0.4) is 0 Å². The van der Waals surface area contributed by atoms with E-state index in [0.717, 1.165) is 5.56 Å². The van der Waals surface area contributed by atoms with Crippen LogP contribution in [0.2, 0.25) is 5.02 Å². The molecule has 2 saturated heterocycles. The molecule has 3 aliphatic rings. The lowest BCUT2D eigenvalue weighted by Crippen LogP contribution is -2.52. The van der Waals surface area contributed by atoms with Gasteiger partial charge in [-0.25, -0.2) is 12.8 Å². The zero-order valence-electron chi connectivity index (χ0n) is 19.5. The smallest absolute Gasteiger partial charge is 0.255 e. The summed E-state index contributed by atoms with van der Waals surface area (Å²) in [4.78, 5) is 39.8. The molecule has 12 heteroatoms. The Balaban J connectivity index is 1.31. The Morgan fingerprint density at radius 1 is 1.06 bits per heavy atom. The van der Waals surface area contributed by atoms with Crippen molar-refractivity contribution in [1.29, 1.82) is 0 Å². The van der Waals surface area contributed by atoms with Gasteiger partial charge in [-0.1, -0.05) is 17.7 Å². The molecule has 190 valence electrons. The minimum atomic E-state index is -3.75. The summed E-state index contributed by atoms with van der Waals surface area (Å²) in [5, 5.41) is 2.62. The quantitative estimate of drug-likeness (QED) is 0.602. The highest BCUT2D eigenvalue weighted by molar-refractivity contribution is 7.89. The van der Waals surface area contributed by atoms with E-state index in [4.69, 9.17) is 11.6 Å². The summed E-state index contributed by atoms with van der Waals surface area (Å²) in [5.74, 6) is -1.94. The van der Waals surface area contributed by atoms with Crippen molar-refractivity contribution in [2.75, 3.05) is 31.1 Å². The zero-order valence-corrected chi connectivity index (χ0v) is 21.0. The summed E-state index contributed by atoms with van der Waals surface area (Å²) in [7, 11) is -3.75. The van der Waals surface area contributed by atoms with Crippen LogP contribution < -0.4 is 10.2 Å². The van der Waals surface area contributed by atoms with Crippen molar-refractivity contribution >= 4 is 45.0 Å². The molecule has 1 N–H and O–H groups in total. The summed E-state index contributed by atoms with van der Waals surface area (Å²) >= 11 is 6.11. The molecular formula is C24H24ClFN4O5S. The monoisotopic (exact) mass is 534 g/mol. The second-order valence-electron chi connectivity index (χ2n) is 9.16. The number of hydrogen-bond donors (Lipinski definition) is 1. The van der Waals surface area contributed by atoms with Gasteiger partial charge >= 0.3 is 0 Å². The Labute approximate surface area is 212 Å². The van der Waals surface area contributed by atoms with Crippen molar-refractivity contribution in [3.63, 3.8) is 0 Å². The topological polar surface area (TPSA) is 107 Å². The van der Waals surface area contributed by atoms with Crippen LogP contribution in [-0.2, 0) is 26.2 Å². The molecule has 1 unspecified atom stereocenters. The lowest BCUT2D eigenvalue weighted by molar-refractivity contribution is -0.136. The van der Waals surface area contributed by atoms with E-state index in [0.29, 0.717) is 10.6 Å². The zero-order chi connectivity index (χ0) is 25.8. The molecule has 0 saturated carbocycles. The third-order valence-corrected chi connectivity index (χ3v) is 9.25. The molecule has 0 aliphatic carbocycles. The molecular weight excluding hydrogens is 511 g/mol. The number of carbonyl (C=O) groups is 3. The molecule has 3 heterocycles. The minimum absolute atomic E-state index is 0.113. The van der Waals surface area contributed by atoms with Crippen molar-refractivity contribution in [2.24, 2.45) is 0 Å². The Bertz CT molecular complexity index is 1390. The average molecular weight is 535 g/mol. The maximum Gasteiger partial charge on any atom is 0.255 e. The normalized spacial score (nSPS) is 21.1. The molecule has 0 radical (unpaired) electrons. The molecule has 3 aliphatic heterocycles. The van der Waals surface area contributed by atoms with E-state index in [9.17, 15) is 22.8 Å². The van der Waals surface area contributed by atoms with Gasteiger partial charge in [-0.15, -0.1) is 0 Å². The molecule has 3 amide bonds. The van der Waals surface area contributed by atoms with E-state index in [1.54, 1.807) is 24.0 Å². The molecule has 2 fully saturated rings. The first-order valence-corrected chi connectivity index (χ1v) is 13.4. The number of sulfonamides is 1. The Kier molecular flexibility index (Phi) is 6.26. The van der Waals surface area contributed by atoms with Crippen LogP contribution in [-0.4, -0.2) is 67.6 Å². The van der Waals surface area contributed by atoms with Crippen LogP contribution in [0, 0.1) is 12.7 Å². The van der Waals surface area contributed by atoms with Gasteiger partial charge in [-0.05, 0) is 48.7 Å². The average Bonchev–Trinajstić information content (AvgIpc) is 3.15. The Hall–Kier alpha value is -3.02. The van der Waals surface area contributed by atoms with Gasteiger partial charge in [0.2, 0.25) is 21.8 Å². The lowest BCUT2D eigenvalue weighted by Gasteiger charge is -2.35. The third-order valence-electron chi connectivity index (χ3n) is 6.95. The van der Waals surface area contributed by atoms with E-state index in [2.05, 4.69) is 5.32 Å². The fraction of sp³-hybridized carbons (Fsp3) is 0.375. The standard InChI is InChI=1S/C24H24ClFN4O5S/c1-14-2-3-16(11-18(14)25)36(34,35)29-8-6-28(7-9-29)21-10-15-13-30(24(33)17(15)12-19(21)26)20-4-5-22(31)27-23(20)32/h2-3,10-12,20H,4-9,13H2,1H3,(H,27,31,32). The van der Waals surface area contributed by atoms with Gasteiger partial charge in [0, 0.05) is 49.7 Å². The number of amides is 3. The van der Waals surface area contributed by atoms with Crippen LogP contribution in [0.5, 0.6) is 0 Å². The molecule has 0 spiro atoms. The number of anilines is 1. The van der Waals surface area contributed by atoms with E-state index in [1.165, 1.54) is 27.4 Å².